The van der Waals surface area contributed by atoms with E-state index < -0.39 is 10.0 Å². The fourth-order valence-electron chi connectivity index (χ4n) is 4.75. The Hall–Kier alpha value is -2.28. The van der Waals surface area contributed by atoms with Gasteiger partial charge in [-0.25, -0.2) is 13.4 Å². The molecule has 202 valence electrons. The molecule has 0 saturated carbocycles. The van der Waals surface area contributed by atoms with Crippen LogP contribution in [0.15, 0.2) is 32.5 Å². The largest absolute Gasteiger partial charge is 0.493 e. The third-order valence-electron chi connectivity index (χ3n) is 6.64. The summed E-state index contributed by atoms with van der Waals surface area (Å²) in [4.78, 5) is 22.9. The Morgan fingerprint density at radius 1 is 1.19 bits per heavy atom. The lowest BCUT2D eigenvalue weighted by molar-refractivity contribution is 0.182. The predicted molar refractivity (Wildman–Crippen MR) is 145 cm³/mol. The number of hydrogen-bond donors (Lipinski definition) is 1. The van der Waals surface area contributed by atoms with Gasteiger partial charge in [0.05, 0.1) is 28.3 Å². The van der Waals surface area contributed by atoms with E-state index in [-0.39, 0.29) is 23.0 Å². The van der Waals surface area contributed by atoms with Crippen molar-refractivity contribution >= 4 is 37.0 Å². The number of nitrogens with zero attached hydrogens (tertiary/aromatic N) is 4. The average Bonchev–Trinajstić information content (AvgIpc) is 3.13. The number of alkyl halides is 1. The smallest absolute Gasteiger partial charge is 0.275 e. The van der Waals surface area contributed by atoms with Crippen LogP contribution in [0, 0.1) is 0 Å². The predicted octanol–water partition coefficient (Wildman–Crippen LogP) is 3.71. The van der Waals surface area contributed by atoms with E-state index in [2.05, 4.69) is 32.7 Å². The van der Waals surface area contributed by atoms with Crippen LogP contribution < -0.4 is 10.3 Å². The zero-order valence-electron chi connectivity index (χ0n) is 21.4. The molecule has 1 N–H and O–H groups in total. The zero-order chi connectivity index (χ0) is 26.7. The first kappa shape index (κ1) is 27.7. The molecule has 0 atom stereocenters. The molecule has 3 heterocycles. The first-order chi connectivity index (χ1) is 17.7. The van der Waals surface area contributed by atoms with Crippen LogP contribution in [-0.2, 0) is 23.5 Å². The number of halogens is 2. The summed E-state index contributed by atoms with van der Waals surface area (Å²) in [5, 5.41) is 0. The van der Waals surface area contributed by atoms with Crippen molar-refractivity contribution in [3.8, 4) is 17.1 Å². The maximum absolute atomic E-state index is 13.5. The highest BCUT2D eigenvalue weighted by Gasteiger charge is 2.29. The minimum Gasteiger partial charge on any atom is -0.493 e. The van der Waals surface area contributed by atoms with E-state index in [9.17, 15) is 17.6 Å². The fraction of sp³-hybridized carbons (Fsp3) is 0.520. The van der Waals surface area contributed by atoms with Crippen LogP contribution in [-0.4, -0.2) is 78.2 Å². The second kappa shape index (κ2) is 11.6. The minimum absolute atomic E-state index is 0.105. The van der Waals surface area contributed by atoms with Crippen LogP contribution >= 0.6 is 15.9 Å². The third-order valence-corrected chi connectivity index (χ3v) is 9.55. The van der Waals surface area contributed by atoms with Crippen LogP contribution in [0.3, 0.4) is 0 Å². The van der Waals surface area contributed by atoms with Crippen LogP contribution in [0.2, 0.25) is 0 Å². The molecule has 0 radical (unpaired) electrons. The summed E-state index contributed by atoms with van der Waals surface area (Å²) in [5.41, 5.74) is 2.05. The van der Waals surface area contributed by atoms with Gasteiger partial charge in [-0.2, -0.15) is 4.31 Å². The number of nitrogens with one attached hydrogen (secondary N) is 1. The van der Waals surface area contributed by atoms with Gasteiger partial charge in [0.15, 0.2) is 0 Å². The number of aromatic nitrogens is 3. The van der Waals surface area contributed by atoms with Gasteiger partial charge in [-0.15, -0.1) is 0 Å². The lowest BCUT2D eigenvalue weighted by Gasteiger charge is -2.33. The summed E-state index contributed by atoms with van der Waals surface area (Å²) in [6.07, 6.45) is 2.06. The first-order valence-electron chi connectivity index (χ1n) is 12.6. The van der Waals surface area contributed by atoms with Gasteiger partial charge < -0.3 is 19.2 Å². The van der Waals surface area contributed by atoms with Gasteiger partial charge in [0.25, 0.3) is 5.56 Å². The Morgan fingerprint density at radius 3 is 2.57 bits per heavy atom. The molecule has 37 heavy (non-hydrogen) atoms. The molecule has 1 saturated heterocycles. The lowest BCUT2D eigenvalue weighted by atomic mass is 10.1. The van der Waals surface area contributed by atoms with Crippen molar-refractivity contribution in [2.75, 3.05) is 46.0 Å². The molecule has 0 amide bonds. The number of fused-ring (bicyclic) bond motifs is 1. The van der Waals surface area contributed by atoms with E-state index in [1.165, 1.54) is 16.4 Å². The summed E-state index contributed by atoms with van der Waals surface area (Å²) >= 11 is 3.59. The topological polar surface area (TPSA) is 101 Å². The third kappa shape index (κ3) is 5.47. The van der Waals surface area contributed by atoms with Crippen LogP contribution in [0.5, 0.6) is 5.75 Å². The van der Waals surface area contributed by atoms with Crippen molar-refractivity contribution in [2.24, 2.45) is 7.05 Å². The van der Waals surface area contributed by atoms with Gasteiger partial charge in [0.1, 0.15) is 22.6 Å². The summed E-state index contributed by atoms with van der Waals surface area (Å²) in [7, 11) is -1.99. The van der Waals surface area contributed by atoms with Crippen molar-refractivity contribution in [2.45, 2.75) is 38.0 Å². The number of rotatable bonds is 10. The van der Waals surface area contributed by atoms with Crippen molar-refractivity contribution in [3.05, 3.63) is 38.7 Å². The molecule has 0 spiro atoms. The standard InChI is InChI=1S/C25H33BrFN5O4S/c1-4-7-18-21-22(30(3)23(18)26)25(33)29-24(28-21)19-16-17(8-9-20(19)36-5-2)37(34,35)32-14-12-31(13-15-32)11-6-10-27/h8-9,16H,4-7,10-15H2,1-3H3,(H,28,29,33). The average molecular weight is 599 g/mol. The van der Waals surface area contributed by atoms with Crippen LogP contribution in [0.4, 0.5) is 4.39 Å². The quantitative estimate of drug-likeness (QED) is 0.382. The Balaban J connectivity index is 1.76. The fourth-order valence-corrected chi connectivity index (χ4v) is 6.76. The number of ether oxygens (including phenoxy) is 1. The maximum atomic E-state index is 13.5. The molecule has 1 aliphatic rings. The van der Waals surface area contributed by atoms with Gasteiger partial charge in [-0.3, -0.25) is 9.18 Å². The number of piperazine rings is 1. The van der Waals surface area contributed by atoms with E-state index in [0.717, 1.165) is 23.0 Å². The zero-order valence-corrected chi connectivity index (χ0v) is 23.8. The number of sulfonamides is 1. The van der Waals surface area contributed by atoms with Gasteiger partial charge in [0.2, 0.25) is 10.0 Å². The minimum atomic E-state index is -3.79. The Labute approximate surface area is 224 Å². The monoisotopic (exact) mass is 597 g/mol. The van der Waals surface area contributed by atoms with Crippen molar-refractivity contribution < 1.29 is 17.5 Å². The van der Waals surface area contributed by atoms with Gasteiger partial charge in [0, 0.05) is 45.3 Å². The highest BCUT2D eigenvalue weighted by atomic mass is 79.9. The summed E-state index contributed by atoms with van der Waals surface area (Å²) < 4.78 is 49.4. The Morgan fingerprint density at radius 2 is 1.92 bits per heavy atom. The molecule has 1 aromatic carbocycles. The molecule has 2 aromatic heterocycles. The number of aromatic amines is 1. The summed E-state index contributed by atoms with van der Waals surface area (Å²) in [5.74, 6) is 0.691. The molecule has 3 aromatic rings. The van der Waals surface area contributed by atoms with E-state index in [0.29, 0.717) is 68.1 Å². The van der Waals surface area contributed by atoms with E-state index in [1.807, 2.05) is 6.92 Å². The number of aryl methyl sites for hydroxylation is 2. The second-order valence-corrected chi connectivity index (χ2v) is 11.8. The molecule has 12 heteroatoms. The molecule has 4 rings (SSSR count). The number of benzene rings is 1. The Kier molecular flexibility index (Phi) is 8.72. The van der Waals surface area contributed by atoms with Crippen LogP contribution in [0.25, 0.3) is 22.4 Å². The van der Waals surface area contributed by atoms with E-state index in [4.69, 9.17) is 9.72 Å². The Bertz CT molecular complexity index is 1430. The van der Waals surface area contributed by atoms with Gasteiger partial charge >= 0.3 is 0 Å². The SMILES string of the molecule is CCCc1c(Br)n(C)c2c(=O)[nH]c(-c3cc(S(=O)(=O)N4CCN(CCCF)CC4)ccc3OCC)nc12. The van der Waals surface area contributed by atoms with E-state index >= 15 is 0 Å². The summed E-state index contributed by atoms with van der Waals surface area (Å²) in [6, 6.07) is 4.66. The molecule has 0 bridgehead atoms. The molecule has 0 aliphatic carbocycles. The molecular weight excluding hydrogens is 565 g/mol. The molecule has 1 aliphatic heterocycles. The van der Waals surface area contributed by atoms with Gasteiger partial charge in [-0.1, -0.05) is 13.3 Å². The van der Waals surface area contributed by atoms with Gasteiger partial charge in [-0.05, 0) is 53.9 Å². The number of hydrogen-bond acceptors (Lipinski definition) is 6. The van der Waals surface area contributed by atoms with Crippen LogP contribution in [0.1, 0.15) is 32.3 Å². The molecule has 9 nitrogen and oxygen atoms in total. The number of H-pyrrole nitrogens is 1. The maximum Gasteiger partial charge on any atom is 0.275 e. The molecule has 1 fully saturated rings. The molecule has 0 unspecified atom stereocenters. The normalized spacial score (nSPS) is 15.5. The van der Waals surface area contributed by atoms with E-state index in [1.54, 1.807) is 17.7 Å². The van der Waals surface area contributed by atoms with Crippen molar-refractivity contribution in [1.82, 2.24) is 23.7 Å². The van der Waals surface area contributed by atoms with Crippen molar-refractivity contribution in [1.29, 1.82) is 0 Å². The van der Waals surface area contributed by atoms with Crippen molar-refractivity contribution in [3.63, 3.8) is 0 Å². The summed E-state index contributed by atoms with van der Waals surface area (Å²) in [6.45, 7) is 6.27. The first-order valence-corrected chi connectivity index (χ1v) is 14.8. The second-order valence-electron chi connectivity index (χ2n) is 9.07. The highest BCUT2D eigenvalue weighted by Crippen LogP contribution is 2.34. The lowest BCUT2D eigenvalue weighted by Crippen LogP contribution is -2.48. The highest BCUT2D eigenvalue weighted by molar-refractivity contribution is 9.10. The molecular formula is C25H33BrFN5O4S.